The molecule has 1 unspecified atom stereocenters. The summed E-state index contributed by atoms with van der Waals surface area (Å²) in [5.41, 5.74) is 1.01. The van der Waals surface area contributed by atoms with Crippen LogP contribution in [0, 0.1) is 11.7 Å². The number of carbonyl (C=O) groups excluding carboxylic acids is 2. The number of hydrogen-bond acceptors (Lipinski definition) is 5. The van der Waals surface area contributed by atoms with E-state index >= 15 is 0 Å². The van der Waals surface area contributed by atoms with Crippen LogP contribution in [0.1, 0.15) is 35.8 Å². The molecule has 2 aromatic heterocycles. The molecule has 164 valence electrons. The Labute approximate surface area is 185 Å². The van der Waals surface area contributed by atoms with E-state index in [1.165, 1.54) is 35.4 Å². The summed E-state index contributed by atoms with van der Waals surface area (Å²) in [6.07, 6.45) is 3.04. The number of anilines is 1. The van der Waals surface area contributed by atoms with Crippen molar-refractivity contribution < 1.29 is 18.7 Å². The van der Waals surface area contributed by atoms with E-state index in [-0.39, 0.29) is 34.9 Å². The third-order valence-electron chi connectivity index (χ3n) is 5.85. The number of para-hydroxylation sites is 1. The summed E-state index contributed by atoms with van der Waals surface area (Å²) in [5.74, 6) is -0.595. The maximum absolute atomic E-state index is 13.9. The second-order valence-corrected chi connectivity index (χ2v) is 7.82. The minimum atomic E-state index is -0.769. The van der Waals surface area contributed by atoms with Crippen molar-refractivity contribution in [2.45, 2.75) is 25.8 Å². The van der Waals surface area contributed by atoms with E-state index in [1.807, 2.05) is 26.0 Å². The number of aromatic nitrogens is 2. The number of rotatable bonds is 4. The number of halogens is 1. The number of amides is 2. The maximum Gasteiger partial charge on any atom is 0.270 e. The fraction of sp³-hybridized carbons (Fsp3) is 0.250. The van der Waals surface area contributed by atoms with Gasteiger partial charge in [0.15, 0.2) is 11.6 Å². The summed E-state index contributed by atoms with van der Waals surface area (Å²) < 4.78 is 19.4. The van der Waals surface area contributed by atoms with Gasteiger partial charge in [0.1, 0.15) is 23.3 Å². The average molecular weight is 434 g/mol. The van der Waals surface area contributed by atoms with Crippen molar-refractivity contribution in [2.75, 3.05) is 11.9 Å². The Morgan fingerprint density at radius 1 is 1.09 bits per heavy atom. The zero-order chi connectivity index (χ0) is 22.8. The molecule has 3 atom stereocenters. The van der Waals surface area contributed by atoms with Crippen LogP contribution in [0.15, 0.2) is 60.9 Å². The number of fused-ring (bicyclic) bond motifs is 1. The minimum absolute atomic E-state index is 0.0124. The normalized spacial score (nSPS) is 20.3. The van der Waals surface area contributed by atoms with Crippen LogP contribution in [0.3, 0.4) is 0 Å². The van der Waals surface area contributed by atoms with Crippen molar-refractivity contribution in [2.24, 2.45) is 5.92 Å². The second kappa shape index (κ2) is 8.74. The van der Waals surface area contributed by atoms with Gasteiger partial charge in [0.25, 0.3) is 11.8 Å². The van der Waals surface area contributed by atoms with Gasteiger partial charge < -0.3 is 10.1 Å². The number of likely N-dealkylation sites (N-methyl/N-ethyl adjacent to an activating group) is 1. The Balaban J connectivity index is 1.56. The van der Waals surface area contributed by atoms with Crippen LogP contribution in [0.2, 0.25) is 0 Å². The standard InChI is InChI=1S/C24H23FN4O3/c1-14-15(2)21(24(31)29(3)22-17(14)7-6-11-27-22)28-23(30)19-13-16(10-12-26-19)32-20-9-5-4-8-18(20)25/h4-15,21H,1-3H3,(H,28,30)/t14?,15-,21-/m0/s1. The van der Waals surface area contributed by atoms with Gasteiger partial charge in [-0.15, -0.1) is 0 Å². The first-order valence-electron chi connectivity index (χ1n) is 10.3. The number of hydrogen-bond donors (Lipinski definition) is 1. The SMILES string of the molecule is CC1c2cccnc2N(C)C(=O)[C@@H](NC(=O)c2cc(Oc3ccccc3F)ccn2)[C@H]1C. The van der Waals surface area contributed by atoms with Gasteiger partial charge in [-0.25, -0.2) is 9.37 Å². The van der Waals surface area contributed by atoms with Crippen LogP contribution < -0.4 is 15.0 Å². The number of benzene rings is 1. The van der Waals surface area contributed by atoms with Crippen LogP contribution in [-0.4, -0.2) is 34.9 Å². The average Bonchev–Trinajstić information content (AvgIpc) is 2.87. The van der Waals surface area contributed by atoms with Crippen molar-refractivity contribution in [1.82, 2.24) is 15.3 Å². The van der Waals surface area contributed by atoms with Crippen molar-refractivity contribution in [3.05, 3.63) is 78.0 Å². The molecule has 0 saturated carbocycles. The fourth-order valence-corrected chi connectivity index (χ4v) is 3.82. The molecular formula is C24H23FN4O3. The topological polar surface area (TPSA) is 84.4 Å². The highest BCUT2D eigenvalue weighted by Gasteiger charge is 2.39. The summed E-state index contributed by atoms with van der Waals surface area (Å²) in [6.45, 7) is 3.94. The van der Waals surface area contributed by atoms with E-state index in [1.54, 1.807) is 25.4 Å². The van der Waals surface area contributed by atoms with Gasteiger partial charge in [-0.05, 0) is 41.7 Å². The van der Waals surface area contributed by atoms with E-state index in [4.69, 9.17) is 4.74 Å². The molecule has 3 heterocycles. The molecule has 1 N–H and O–H groups in total. The molecule has 2 amide bonds. The van der Waals surface area contributed by atoms with Crippen LogP contribution in [-0.2, 0) is 4.79 Å². The van der Waals surface area contributed by atoms with Crippen molar-refractivity contribution in [3.8, 4) is 11.5 Å². The molecule has 0 spiro atoms. The Morgan fingerprint density at radius 2 is 1.88 bits per heavy atom. The van der Waals surface area contributed by atoms with Crippen LogP contribution >= 0.6 is 0 Å². The van der Waals surface area contributed by atoms with Gasteiger partial charge in [-0.3, -0.25) is 19.5 Å². The first kappa shape index (κ1) is 21.4. The lowest BCUT2D eigenvalue weighted by atomic mass is 9.85. The van der Waals surface area contributed by atoms with E-state index in [9.17, 15) is 14.0 Å². The Morgan fingerprint density at radius 3 is 2.66 bits per heavy atom. The molecule has 8 heteroatoms. The molecule has 0 fully saturated rings. The number of pyridine rings is 2. The minimum Gasteiger partial charge on any atom is -0.454 e. The third kappa shape index (κ3) is 4.03. The number of ether oxygens (including phenoxy) is 1. The number of carbonyl (C=O) groups is 2. The predicted molar refractivity (Wildman–Crippen MR) is 117 cm³/mol. The van der Waals surface area contributed by atoms with E-state index in [0.717, 1.165) is 5.56 Å². The summed E-state index contributed by atoms with van der Waals surface area (Å²) >= 11 is 0. The molecule has 32 heavy (non-hydrogen) atoms. The highest BCUT2D eigenvalue weighted by molar-refractivity contribution is 6.02. The summed E-state index contributed by atoms with van der Waals surface area (Å²) in [7, 11) is 1.65. The monoisotopic (exact) mass is 434 g/mol. The van der Waals surface area contributed by atoms with Crippen molar-refractivity contribution in [1.29, 1.82) is 0 Å². The zero-order valence-electron chi connectivity index (χ0n) is 17.9. The predicted octanol–water partition coefficient (Wildman–Crippen LogP) is 3.92. The smallest absolute Gasteiger partial charge is 0.270 e. The van der Waals surface area contributed by atoms with Gasteiger partial charge in [0, 0.05) is 25.5 Å². The molecule has 4 rings (SSSR count). The molecule has 3 aromatic rings. The molecule has 1 aromatic carbocycles. The van der Waals surface area contributed by atoms with Crippen LogP contribution in [0.25, 0.3) is 0 Å². The van der Waals surface area contributed by atoms with E-state index in [2.05, 4.69) is 15.3 Å². The van der Waals surface area contributed by atoms with Gasteiger partial charge in [0.05, 0.1) is 0 Å². The van der Waals surface area contributed by atoms with Gasteiger partial charge in [-0.1, -0.05) is 32.0 Å². The molecule has 0 aliphatic carbocycles. The highest BCUT2D eigenvalue weighted by Crippen LogP contribution is 2.36. The lowest BCUT2D eigenvalue weighted by Crippen LogP contribution is -2.50. The van der Waals surface area contributed by atoms with Crippen molar-refractivity contribution in [3.63, 3.8) is 0 Å². The Bertz CT molecular complexity index is 1170. The van der Waals surface area contributed by atoms with E-state index < -0.39 is 17.8 Å². The molecular weight excluding hydrogens is 411 g/mol. The maximum atomic E-state index is 13.9. The second-order valence-electron chi connectivity index (χ2n) is 7.82. The Hall–Kier alpha value is -3.81. The van der Waals surface area contributed by atoms with E-state index in [0.29, 0.717) is 5.82 Å². The highest BCUT2D eigenvalue weighted by atomic mass is 19.1. The first-order valence-corrected chi connectivity index (χ1v) is 10.3. The fourth-order valence-electron chi connectivity index (χ4n) is 3.82. The van der Waals surface area contributed by atoms with Gasteiger partial charge >= 0.3 is 0 Å². The first-order chi connectivity index (χ1) is 15.4. The van der Waals surface area contributed by atoms with Crippen molar-refractivity contribution >= 4 is 17.6 Å². The molecule has 1 aliphatic rings. The van der Waals surface area contributed by atoms with Crippen LogP contribution in [0.5, 0.6) is 11.5 Å². The lowest BCUT2D eigenvalue weighted by molar-refractivity contribution is -0.121. The van der Waals surface area contributed by atoms with Gasteiger partial charge in [0.2, 0.25) is 0 Å². The molecule has 0 saturated heterocycles. The zero-order valence-corrected chi connectivity index (χ0v) is 17.9. The summed E-state index contributed by atoms with van der Waals surface area (Å²) in [6, 6.07) is 11.9. The number of nitrogens with one attached hydrogen (secondary N) is 1. The number of nitrogens with zero attached hydrogens (tertiary/aromatic N) is 3. The Kier molecular flexibility index (Phi) is 5.85. The quantitative estimate of drug-likeness (QED) is 0.673. The largest absolute Gasteiger partial charge is 0.454 e. The molecule has 0 radical (unpaired) electrons. The lowest BCUT2D eigenvalue weighted by Gasteiger charge is -2.26. The molecule has 0 bridgehead atoms. The van der Waals surface area contributed by atoms with Crippen LogP contribution in [0.4, 0.5) is 10.2 Å². The third-order valence-corrected chi connectivity index (χ3v) is 5.85. The summed E-state index contributed by atoms with van der Waals surface area (Å²) in [4.78, 5) is 36.1. The van der Waals surface area contributed by atoms with Gasteiger partial charge in [-0.2, -0.15) is 0 Å². The molecule has 7 nitrogen and oxygen atoms in total. The summed E-state index contributed by atoms with van der Waals surface area (Å²) in [5, 5.41) is 2.82. The molecule has 1 aliphatic heterocycles.